The highest BCUT2D eigenvalue weighted by molar-refractivity contribution is 5.57. The van der Waals surface area contributed by atoms with Crippen LogP contribution in [0.2, 0.25) is 0 Å². The van der Waals surface area contributed by atoms with E-state index in [4.69, 9.17) is 4.74 Å². The van der Waals surface area contributed by atoms with E-state index in [0.29, 0.717) is 6.61 Å². The molecule has 0 saturated heterocycles. The van der Waals surface area contributed by atoms with Crippen molar-refractivity contribution < 1.29 is 4.74 Å². The first-order valence-electron chi connectivity index (χ1n) is 6.06. The molecule has 0 bridgehead atoms. The molecule has 96 valence electrons. The third-order valence-corrected chi connectivity index (χ3v) is 2.44. The lowest BCUT2D eigenvalue weighted by Crippen LogP contribution is -2.23. The topological polar surface area (TPSA) is 59.1 Å². The molecule has 0 saturated carbocycles. The van der Waals surface area contributed by atoms with Crippen LogP contribution in [0.25, 0.3) is 0 Å². The van der Waals surface area contributed by atoms with E-state index in [9.17, 15) is 0 Å². The normalized spacial score (nSPS) is 12.2. The largest absolute Gasteiger partial charge is 0.383 e. The van der Waals surface area contributed by atoms with E-state index < -0.39 is 0 Å². The first-order valence-corrected chi connectivity index (χ1v) is 6.06. The molecule has 1 unspecified atom stereocenters. The Balaban J connectivity index is 2.86. The number of hydrogen-bond donors (Lipinski definition) is 2. The van der Waals surface area contributed by atoms with Gasteiger partial charge in [-0.15, -0.1) is 0 Å². The summed E-state index contributed by atoms with van der Waals surface area (Å²) >= 11 is 0. The summed E-state index contributed by atoms with van der Waals surface area (Å²) in [4.78, 5) is 8.56. The van der Waals surface area contributed by atoms with Gasteiger partial charge in [-0.05, 0) is 20.3 Å². The second kappa shape index (κ2) is 7.06. The van der Waals surface area contributed by atoms with E-state index in [1.807, 2.05) is 0 Å². The lowest BCUT2D eigenvalue weighted by Gasteiger charge is -2.17. The minimum Gasteiger partial charge on any atom is -0.383 e. The van der Waals surface area contributed by atoms with Crippen molar-refractivity contribution in [2.75, 3.05) is 30.9 Å². The summed E-state index contributed by atoms with van der Waals surface area (Å²) in [6.07, 6.45) is 2.48. The number of ether oxygens (including phenoxy) is 1. The second-order valence-electron chi connectivity index (χ2n) is 3.93. The van der Waals surface area contributed by atoms with Crippen molar-refractivity contribution >= 4 is 11.6 Å². The van der Waals surface area contributed by atoms with Crippen molar-refractivity contribution in [3.63, 3.8) is 0 Å². The van der Waals surface area contributed by atoms with Crippen LogP contribution in [0.5, 0.6) is 0 Å². The van der Waals surface area contributed by atoms with Gasteiger partial charge in [-0.2, -0.15) is 0 Å². The highest BCUT2D eigenvalue weighted by Gasteiger charge is 2.11. The summed E-state index contributed by atoms with van der Waals surface area (Å²) in [6.45, 7) is 7.74. The van der Waals surface area contributed by atoms with Gasteiger partial charge in [-0.1, -0.05) is 6.92 Å². The Bertz CT molecular complexity index is 343. The van der Waals surface area contributed by atoms with Crippen molar-refractivity contribution in [2.45, 2.75) is 33.2 Å². The third kappa shape index (κ3) is 3.85. The van der Waals surface area contributed by atoms with Crippen molar-refractivity contribution in [3.05, 3.63) is 11.9 Å². The van der Waals surface area contributed by atoms with Gasteiger partial charge in [0, 0.05) is 25.3 Å². The van der Waals surface area contributed by atoms with Gasteiger partial charge < -0.3 is 15.4 Å². The molecule has 0 aromatic carbocycles. The Hall–Kier alpha value is -1.36. The van der Waals surface area contributed by atoms with Gasteiger partial charge in [-0.3, -0.25) is 0 Å². The molecule has 1 aromatic rings. The number of nitrogens with zero attached hydrogens (tertiary/aromatic N) is 2. The fourth-order valence-corrected chi connectivity index (χ4v) is 1.72. The van der Waals surface area contributed by atoms with Crippen molar-refractivity contribution in [2.24, 2.45) is 0 Å². The van der Waals surface area contributed by atoms with E-state index in [2.05, 4.69) is 41.4 Å². The number of aromatic nitrogens is 2. The summed E-state index contributed by atoms with van der Waals surface area (Å²) in [7, 11) is 1.70. The number of hydrogen-bond acceptors (Lipinski definition) is 5. The Morgan fingerprint density at radius 1 is 1.29 bits per heavy atom. The predicted octanol–water partition coefficient (Wildman–Crippen LogP) is 1.92. The second-order valence-corrected chi connectivity index (χ2v) is 3.93. The molecule has 1 heterocycles. The van der Waals surface area contributed by atoms with Gasteiger partial charge in [-0.25, -0.2) is 9.97 Å². The average Bonchev–Trinajstić information content (AvgIpc) is 2.30. The van der Waals surface area contributed by atoms with Crippen molar-refractivity contribution in [1.82, 2.24) is 9.97 Å². The van der Waals surface area contributed by atoms with Crippen molar-refractivity contribution in [3.8, 4) is 0 Å². The molecule has 0 spiro atoms. The van der Waals surface area contributed by atoms with Gasteiger partial charge in [0.2, 0.25) is 0 Å². The molecule has 17 heavy (non-hydrogen) atoms. The van der Waals surface area contributed by atoms with Crippen LogP contribution >= 0.6 is 0 Å². The van der Waals surface area contributed by atoms with Crippen LogP contribution in [-0.4, -0.2) is 36.3 Å². The minimum absolute atomic E-state index is 0.231. The van der Waals surface area contributed by atoms with E-state index in [1.165, 1.54) is 0 Å². The molecule has 1 atom stereocenters. The van der Waals surface area contributed by atoms with E-state index in [1.54, 1.807) is 13.4 Å². The molecule has 5 heteroatoms. The molecule has 0 aliphatic rings. The smallest absolute Gasteiger partial charge is 0.134 e. The zero-order valence-corrected chi connectivity index (χ0v) is 11.1. The maximum atomic E-state index is 5.11. The van der Waals surface area contributed by atoms with Gasteiger partial charge in [0.05, 0.1) is 6.61 Å². The Morgan fingerprint density at radius 2 is 2.00 bits per heavy atom. The number of methoxy groups -OCH3 is 1. The molecule has 0 fully saturated rings. The van der Waals surface area contributed by atoms with Gasteiger partial charge in [0.1, 0.15) is 18.0 Å². The molecule has 2 N–H and O–H groups in total. The van der Waals surface area contributed by atoms with Crippen LogP contribution < -0.4 is 10.6 Å². The first-order chi connectivity index (χ1) is 8.22. The molecule has 1 rings (SSSR count). The number of rotatable bonds is 7. The molecular formula is C12H22N4O. The predicted molar refractivity (Wildman–Crippen MR) is 70.5 cm³/mol. The quantitative estimate of drug-likeness (QED) is 0.760. The lowest BCUT2D eigenvalue weighted by molar-refractivity contribution is 0.190. The molecule has 0 radical (unpaired) electrons. The number of anilines is 2. The molecule has 0 aliphatic heterocycles. The number of nitrogens with one attached hydrogen (secondary N) is 2. The SMILES string of the molecule is CCNc1ncnc(NC(C)COC)c1CC. The van der Waals surface area contributed by atoms with Gasteiger partial charge >= 0.3 is 0 Å². The van der Waals surface area contributed by atoms with E-state index in [-0.39, 0.29) is 6.04 Å². The summed E-state index contributed by atoms with van der Waals surface area (Å²) in [5.41, 5.74) is 1.12. The average molecular weight is 238 g/mol. The Kier molecular flexibility index (Phi) is 5.69. The van der Waals surface area contributed by atoms with Crippen LogP contribution in [0.1, 0.15) is 26.3 Å². The lowest BCUT2D eigenvalue weighted by atomic mass is 10.2. The standard InChI is InChI=1S/C12H22N4O/c1-5-10-11(13-6-2)14-8-15-12(10)16-9(3)7-17-4/h8-9H,5-7H2,1-4H3,(H2,13,14,15,16). The van der Waals surface area contributed by atoms with Crippen LogP contribution in [0.3, 0.4) is 0 Å². The highest BCUT2D eigenvalue weighted by Crippen LogP contribution is 2.20. The fourth-order valence-electron chi connectivity index (χ4n) is 1.72. The summed E-state index contributed by atoms with van der Waals surface area (Å²) in [5.74, 6) is 1.81. The Labute approximate surface area is 103 Å². The summed E-state index contributed by atoms with van der Waals surface area (Å²) < 4.78 is 5.11. The highest BCUT2D eigenvalue weighted by atomic mass is 16.5. The third-order valence-electron chi connectivity index (χ3n) is 2.44. The fraction of sp³-hybridized carbons (Fsp3) is 0.667. The monoisotopic (exact) mass is 238 g/mol. The summed E-state index contributed by atoms with van der Waals surface area (Å²) in [5, 5.41) is 6.60. The maximum Gasteiger partial charge on any atom is 0.134 e. The molecule has 5 nitrogen and oxygen atoms in total. The van der Waals surface area contributed by atoms with Gasteiger partial charge in [0.15, 0.2) is 0 Å². The zero-order chi connectivity index (χ0) is 12.7. The van der Waals surface area contributed by atoms with E-state index in [0.717, 1.165) is 30.2 Å². The molecule has 1 aromatic heterocycles. The molecule has 0 amide bonds. The summed E-state index contributed by atoms with van der Waals surface area (Å²) in [6, 6.07) is 0.231. The minimum atomic E-state index is 0.231. The first kappa shape index (κ1) is 13.7. The van der Waals surface area contributed by atoms with Crippen molar-refractivity contribution in [1.29, 1.82) is 0 Å². The van der Waals surface area contributed by atoms with Crippen LogP contribution in [0, 0.1) is 0 Å². The van der Waals surface area contributed by atoms with Crippen LogP contribution in [-0.2, 0) is 11.2 Å². The van der Waals surface area contributed by atoms with Crippen LogP contribution in [0.15, 0.2) is 6.33 Å². The maximum absolute atomic E-state index is 5.11. The Morgan fingerprint density at radius 3 is 2.59 bits per heavy atom. The zero-order valence-electron chi connectivity index (χ0n) is 11.1. The van der Waals surface area contributed by atoms with Crippen LogP contribution in [0.4, 0.5) is 11.6 Å². The van der Waals surface area contributed by atoms with Gasteiger partial charge in [0.25, 0.3) is 0 Å². The molecule has 0 aliphatic carbocycles. The van der Waals surface area contributed by atoms with E-state index >= 15 is 0 Å². The molecular weight excluding hydrogens is 216 g/mol.